The van der Waals surface area contributed by atoms with Crippen LogP contribution in [-0.2, 0) is 91.8 Å². The molecule has 3 aliphatic carbocycles. The first-order chi connectivity index (χ1) is 46.7. The van der Waals surface area contributed by atoms with E-state index in [0.29, 0.717) is 93.5 Å². The van der Waals surface area contributed by atoms with Gasteiger partial charge >= 0.3 is 0 Å². The van der Waals surface area contributed by atoms with Crippen molar-refractivity contribution in [1.29, 1.82) is 0 Å². The van der Waals surface area contributed by atoms with Crippen LogP contribution in [-0.4, -0.2) is 134 Å². The van der Waals surface area contributed by atoms with Gasteiger partial charge in [0, 0.05) is 111 Å². The Hall–Kier alpha value is -4.57. The summed E-state index contributed by atoms with van der Waals surface area (Å²) in [4.78, 5) is 80.2. The molecule has 530 valence electrons. The van der Waals surface area contributed by atoms with Crippen molar-refractivity contribution in [3.8, 4) is 0 Å². The SMILES string of the molecule is C[C@@H]1CCC2[C@@H](C)[C@@H](OCc3ccc(C(=O)NCCN(CCNC(=O)c4ccc(CO[C@H]5OC6OC7(C)CCC8[C@H](C)CCC([C@H]5C)[C@@]68OO7)cc4)CCNC(=O)c4ccc(CO[C@H]5OC6OC7(C)CCC8[C@H](C)CCC([C@H]5C)[C@@]68OO7)cc4)cc3)OC3OC4(C)CCC1[C@]32OO4. The minimum absolute atomic E-state index is 0.0376. The van der Waals surface area contributed by atoms with Gasteiger partial charge in [0.1, 0.15) is 0 Å². The van der Waals surface area contributed by atoms with Crippen LogP contribution in [0.25, 0.3) is 0 Å². The van der Waals surface area contributed by atoms with Gasteiger partial charge in [-0.25, -0.2) is 29.3 Å². The average Bonchev–Trinajstić information content (AvgIpc) is 1.69. The molecular formula is C75H102N4O18. The van der Waals surface area contributed by atoms with Crippen molar-refractivity contribution >= 4 is 17.7 Å². The molecule has 6 bridgehead atoms. The summed E-state index contributed by atoms with van der Waals surface area (Å²) in [6.45, 7) is 22.4. The van der Waals surface area contributed by atoms with Gasteiger partial charge < -0.3 is 58.6 Å². The number of hydrogen-bond acceptors (Lipinski definition) is 19. The van der Waals surface area contributed by atoms with Crippen molar-refractivity contribution in [2.45, 2.75) is 231 Å². The lowest BCUT2D eigenvalue weighted by Gasteiger charge is -2.60. The first-order valence-corrected chi connectivity index (χ1v) is 36.5. The molecule has 22 heteroatoms. The fourth-order valence-corrected chi connectivity index (χ4v) is 19.6. The van der Waals surface area contributed by atoms with Crippen molar-refractivity contribution in [1.82, 2.24) is 20.9 Å². The number of amides is 3. The Labute approximate surface area is 570 Å². The molecular weight excluding hydrogens is 1240 g/mol. The van der Waals surface area contributed by atoms with Gasteiger partial charge in [-0.2, -0.15) is 0 Å². The highest BCUT2D eigenvalue weighted by atomic mass is 17.3. The van der Waals surface area contributed by atoms with Crippen LogP contribution >= 0.6 is 0 Å². The number of carbonyl (C=O) groups excluding carboxylic acids is 3. The summed E-state index contributed by atoms with van der Waals surface area (Å²) in [6.07, 6.45) is 8.04. The molecule has 15 aliphatic rings. The summed E-state index contributed by atoms with van der Waals surface area (Å²) < 4.78 is 59.1. The number of nitrogens with one attached hydrogen (secondary N) is 3. The fourth-order valence-electron chi connectivity index (χ4n) is 19.6. The number of carbonyl (C=O) groups is 3. The Balaban J connectivity index is 0.545. The summed E-state index contributed by atoms with van der Waals surface area (Å²) in [5.41, 5.74) is 2.25. The molecule has 12 aliphatic heterocycles. The van der Waals surface area contributed by atoms with Crippen LogP contribution in [0.4, 0.5) is 0 Å². The molecule has 18 rings (SSSR count). The van der Waals surface area contributed by atoms with Crippen LogP contribution in [0.1, 0.15) is 187 Å². The van der Waals surface area contributed by atoms with Crippen LogP contribution in [0.15, 0.2) is 72.8 Å². The molecule has 3 saturated carbocycles. The molecule has 3 amide bonds. The Morgan fingerprint density at radius 2 is 0.670 bits per heavy atom. The minimum Gasteiger partial charge on any atom is -0.351 e. The fraction of sp³-hybridized carbons (Fsp3) is 0.720. The molecule has 12 heterocycles. The normalized spacial score (nSPS) is 42.9. The summed E-state index contributed by atoms with van der Waals surface area (Å²) in [5.74, 6) is -0.517. The predicted octanol–water partition coefficient (Wildman–Crippen LogP) is 10.8. The molecule has 0 radical (unpaired) electrons. The Morgan fingerprint density at radius 1 is 0.392 bits per heavy atom. The Bertz CT molecular complexity index is 2970. The van der Waals surface area contributed by atoms with Crippen molar-refractivity contribution < 1.29 is 86.3 Å². The third kappa shape index (κ3) is 12.5. The van der Waals surface area contributed by atoms with Crippen molar-refractivity contribution in [2.24, 2.45) is 71.0 Å². The van der Waals surface area contributed by atoms with Gasteiger partial charge in [0.2, 0.25) is 17.4 Å². The maximum atomic E-state index is 13.7. The van der Waals surface area contributed by atoms with Gasteiger partial charge in [-0.3, -0.25) is 19.3 Å². The van der Waals surface area contributed by atoms with Crippen molar-refractivity contribution in [2.75, 3.05) is 39.3 Å². The molecule has 3 aromatic carbocycles. The second-order valence-corrected chi connectivity index (χ2v) is 31.5. The first-order valence-electron chi connectivity index (χ1n) is 36.5. The maximum absolute atomic E-state index is 13.7. The minimum atomic E-state index is -0.870. The smallest absolute Gasteiger partial charge is 0.251 e. The van der Waals surface area contributed by atoms with Crippen LogP contribution in [0.3, 0.4) is 0 Å². The second kappa shape index (κ2) is 27.0. The standard InChI is InChI=1S/C75H102N4O18/c1-43-10-25-58-46(4)64(86-67-73(58)55(43)28-31-70(7,89-67)92-95-73)83-40-49-13-19-52(20-14-49)61(80)76-34-37-79(38-35-77-62(81)53-21-15-50(16-22-53)41-84-65-47(5)59-26-11-44(2)56-29-32-71(8)90-68(87-65)74(56,59)96-93-71)39-36-78-63(82)54-23-17-51(18-24-54)42-85-66-48(6)60-27-12-45(3)57-30-33-72(9)91-69(88-66)75(57,60)97-94-72/h13-24,43-48,55-60,64-69H,10-12,25-42H2,1-9H3,(H,76,80)(H,77,81)(H,78,82)/t43-,44-,45-,46-,47-,48-,55?,56?,57?,58?,59?,60?,64+,65+,66+,67?,68?,69?,70?,71?,72?,73-,74-,75-/m1/s1. The number of benzene rings is 3. The van der Waals surface area contributed by atoms with Crippen LogP contribution < -0.4 is 16.0 Å². The van der Waals surface area contributed by atoms with Gasteiger partial charge in [-0.1, -0.05) is 77.9 Å². The van der Waals surface area contributed by atoms with Gasteiger partial charge in [0.15, 0.2) is 54.5 Å². The zero-order valence-electron chi connectivity index (χ0n) is 58.0. The average molecular weight is 1350 g/mol. The lowest BCUT2D eigenvalue weighted by atomic mass is 9.58. The lowest BCUT2D eigenvalue weighted by molar-refractivity contribution is -0.577. The molecule has 97 heavy (non-hydrogen) atoms. The first kappa shape index (κ1) is 68.2. The molecule has 3 spiro atoms. The molecule has 3 aromatic rings. The highest BCUT2D eigenvalue weighted by Gasteiger charge is 2.73. The molecule has 0 aromatic heterocycles. The lowest BCUT2D eigenvalue weighted by Crippen LogP contribution is -2.70. The molecule has 12 saturated heterocycles. The number of fused-ring (bicyclic) bond motifs is 6. The van der Waals surface area contributed by atoms with E-state index in [1.165, 1.54) is 0 Å². The van der Waals surface area contributed by atoms with Crippen LogP contribution in [0, 0.1) is 71.0 Å². The Kier molecular flexibility index (Phi) is 19.0. The van der Waals surface area contributed by atoms with Gasteiger partial charge in [-0.15, -0.1) is 0 Å². The number of nitrogens with zero attached hydrogens (tertiary/aromatic N) is 1. The van der Waals surface area contributed by atoms with Gasteiger partial charge in [0.25, 0.3) is 17.7 Å². The molecule has 3 N–H and O–H groups in total. The van der Waals surface area contributed by atoms with E-state index in [4.69, 9.17) is 72.0 Å². The van der Waals surface area contributed by atoms with E-state index in [1.54, 1.807) is 36.4 Å². The maximum Gasteiger partial charge on any atom is 0.251 e. The van der Waals surface area contributed by atoms with Crippen molar-refractivity contribution in [3.63, 3.8) is 0 Å². The van der Waals surface area contributed by atoms with E-state index in [0.717, 1.165) is 93.7 Å². The third-order valence-electron chi connectivity index (χ3n) is 25.3. The van der Waals surface area contributed by atoms with E-state index in [-0.39, 0.29) is 71.0 Å². The summed E-state index contributed by atoms with van der Waals surface area (Å²) >= 11 is 0. The number of rotatable bonds is 21. The Morgan fingerprint density at radius 3 is 0.948 bits per heavy atom. The van der Waals surface area contributed by atoms with E-state index in [2.05, 4.69) is 62.4 Å². The van der Waals surface area contributed by atoms with Crippen LogP contribution in [0.5, 0.6) is 0 Å². The zero-order chi connectivity index (χ0) is 67.2. The topological polar surface area (TPSA) is 229 Å². The van der Waals surface area contributed by atoms with Crippen molar-refractivity contribution in [3.05, 3.63) is 106 Å². The summed E-state index contributed by atoms with van der Waals surface area (Å²) in [7, 11) is 0. The van der Waals surface area contributed by atoms with Crippen LogP contribution in [0.2, 0.25) is 0 Å². The van der Waals surface area contributed by atoms with Gasteiger partial charge in [0.05, 0.1) is 19.8 Å². The third-order valence-corrected chi connectivity index (χ3v) is 25.3. The monoisotopic (exact) mass is 1350 g/mol. The quantitative estimate of drug-likeness (QED) is 0.0842. The second-order valence-electron chi connectivity index (χ2n) is 31.5. The zero-order valence-corrected chi connectivity index (χ0v) is 58.0. The number of ether oxygens (including phenoxy) is 9. The predicted molar refractivity (Wildman–Crippen MR) is 348 cm³/mol. The molecule has 12 unspecified atom stereocenters. The van der Waals surface area contributed by atoms with E-state index < -0.39 is 71.9 Å². The van der Waals surface area contributed by atoms with E-state index in [1.807, 2.05) is 57.2 Å². The molecule has 15 fully saturated rings. The van der Waals surface area contributed by atoms with E-state index >= 15 is 0 Å². The summed E-state index contributed by atoms with van der Waals surface area (Å²) in [5, 5.41) is 9.27. The molecule has 22 nitrogen and oxygen atoms in total. The van der Waals surface area contributed by atoms with Gasteiger partial charge in [-0.05, 0) is 167 Å². The largest absolute Gasteiger partial charge is 0.351 e. The summed E-state index contributed by atoms with van der Waals surface area (Å²) in [6, 6.07) is 22.3. The van der Waals surface area contributed by atoms with E-state index in [9.17, 15) is 14.4 Å². The highest BCUT2D eigenvalue weighted by molar-refractivity contribution is 5.95. The highest BCUT2D eigenvalue weighted by Crippen LogP contribution is 2.64. The number of hydrogen-bond donors (Lipinski definition) is 3. The molecule has 24 atom stereocenters.